The van der Waals surface area contributed by atoms with Crippen molar-refractivity contribution in [3.63, 3.8) is 0 Å². The van der Waals surface area contributed by atoms with Crippen LogP contribution in [0.15, 0.2) is 53.6 Å². The number of pyridine rings is 1. The zero-order valence-electron chi connectivity index (χ0n) is 16.8. The molecule has 0 unspecified atom stereocenters. The van der Waals surface area contributed by atoms with Crippen molar-refractivity contribution in [2.75, 3.05) is 28.3 Å². The van der Waals surface area contributed by atoms with Crippen LogP contribution in [0.25, 0.3) is 0 Å². The number of hydrogen-bond donors (Lipinski definition) is 0. The molecule has 1 atom stereocenters. The second-order valence-corrected chi connectivity index (χ2v) is 8.20. The maximum absolute atomic E-state index is 13.2. The van der Waals surface area contributed by atoms with E-state index in [1.165, 1.54) is 70.6 Å². The van der Waals surface area contributed by atoms with Gasteiger partial charge in [-0.15, -0.1) is 0 Å². The highest BCUT2D eigenvalue weighted by atomic mass is 32.2. The van der Waals surface area contributed by atoms with Crippen molar-refractivity contribution in [1.82, 2.24) is 14.4 Å². The van der Waals surface area contributed by atoms with E-state index in [9.17, 15) is 18.0 Å². The van der Waals surface area contributed by atoms with E-state index in [2.05, 4.69) is 4.98 Å². The molecule has 0 aliphatic rings. The Morgan fingerprint density at radius 3 is 2.31 bits per heavy atom. The van der Waals surface area contributed by atoms with Crippen molar-refractivity contribution in [2.45, 2.75) is 17.4 Å². The molecule has 1 aromatic heterocycles. The van der Waals surface area contributed by atoms with Crippen LogP contribution in [0.4, 0.5) is 0 Å². The van der Waals surface area contributed by atoms with Crippen LogP contribution >= 0.6 is 0 Å². The molecule has 2 aromatic rings. The van der Waals surface area contributed by atoms with Crippen molar-refractivity contribution >= 4 is 21.9 Å². The Hall–Kier alpha value is -2.82. The Morgan fingerprint density at radius 2 is 1.76 bits per heavy atom. The third-order valence-electron chi connectivity index (χ3n) is 4.70. The first kappa shape index (κ1) is 22.5. The smallest absolute Gasteiger partial charge is 0.337 e. The van der Waals surface area contributed by atoms with Gasteiger partial charge < -0.3 is 9.64 Å². The molecule has 2 rings (SSSR count). The lowest BCUT2D eigenvalue weighted by atomic mass is 9.94. The zero-order valence-corrected chi connectivity index (χ0v) is 17.6. The highest BCUT2D eigenvalue weighted by Crippen LogP contribution is 2.29. The molecule has 0 aliphatic heterocycles. The first-order valence-electron chi connectivity index (χ1n) is 8.51. The fourth-order valence-corrected chi connectivity index (χ4v) is 3.72. The van der Waals surface area contributed by atoms with E-state index in [-0.39, 0.29) is 10.5 Å². The van der Waals surface area contributed by atoms with Crippen LogP contribution in [0.5, 0.6) is 0 Å². The average molecular weight is 421 g/mol. The number of carbonyl (C=O) groups is 2. The van der Waals surface area contributed by atoms with Gasteiger partial charge in [-0.05, 0) is 37.3 Å². The first-order valence-corrected chi connectivity index (χ1v) is 9.96. The quantitative estimate of drug-likeness (QED) is 0.492. The number of aromatic nitrogens is 1. The van der Waals surface area contributed by atoms with Gasteiger partial charge in [-0.3, -0.25) is 14.6 Å². The molecule has 1 heterocycles. The highest BCUT2D eigenvalue weighted by Gasteiger charge is 2.44. The number of likely N-dealkylation sites (N-methyl/N-ethyl adjacent to an activating group) is 1. The molecule has 156 valence electrons. The molecule has 0 aliphatic carbocycles. The van der Waals surface area contributed by atoms with Crippen LogP contribution in [0, 0.1) is 0 Å². The third kappa shape index (κ3) is 4.14. The minimum absolute atomic E-state index is 0.0733. The lowest BCUT2D eigenvalue weighted by Crippen LogP contribution is -2.51. The summed E-state index contributed by atoms with van der Waals surface area (Å²) >= 11 is 0. The van der Waals surface area contributed by atoms with Crippen LogP contribution in [-0.2, 0) is 29.9 Å². The van der Waals surface area contributed by atoms with Crippen LogP contribution in [0.1, 0.15) is 23.0 Å². The van der Waals surface area contributed by atoms with Gasteiger partial charge >= 0.3 is 5.97 Å². The van der Waals surface area contributed by atoms with E-state index in [0.29, 0.717) is 10.2 Å². The van der Waals surface area contributed by atoms with E-state index in [4.69, 9.17) is 9.57 Å². The minimum Gasteiger partial charge on any atom is -0.467 e. The number of benzene rings is 1. The largest absolute Gasteiger partial charge is 0.467 e. The van der Waals surface area contributed by atoms with E-state index in [1.54, 1.807) is 18.2 Å². The number of ether oxygens (including phenoxy) is 1. The van der Waals surface area contributed by atoms with Gasteiger partial charge in [0.2, 0.25) is 0 Å². The molecule has 10 heteroatoms. The summed E-state index contributed by atoms with van der Waals surface area (Å²) in [5.41, 5.74) is -1.14. The topological polar surface area (TPSA) is 106 Å². The summed E-state index contributed by atoms with van der Waals surface area (Å²) in [5.74, 6) is -1.27. The molecule has 9 nitrogen and oxygen atoms in total. The minimum atomic E-state index is -3.94. The van der Waals surface area contributed by atoms with Gasteiger partial charge in [0, 0.05) is 25.9 Å². The summed E-state index contributed by atoms with van der Waals surface area (Å²) in [6.45, 7) is 1.51. The number of hydrogen-bond acceptors (Lipinski definition) is 7. The second-order valence-electron chi connectivity index (χ2n) is 6.27. The molecule has 0 radical (unpaired) electrons. The normalized spacial score (nSPS) is 13.6. The maximum atomic E-state index is 13.2. The van der Waals surface area contributed by atoms with Crippen molar-refractivity contribution in [1.29, 1.82) is 0 Å². The molecule has 1 aromatic carbocycles. The van der Waals surface area contributed by atoms with Crippen molar-refractivity contribution in [2.24, 2.45) is 0 Å². The third-order valence-corrected chi connectivity index (χ3v) is 6.37. The number of esters is 1. The predicted molar refractivity (Wildman–Crippen MR) is 104 cm³/mol. The Labute approximate surface area is 169 Å². The Bertz CT molecular complexity index is 996. The summed E-state index contributed by atoms with van der Waals surface area (Å²) in [4.78, 5) is 35.7. The van der Waals surface area contributed by atoms with Gasteiger partial charge in [-0.1, -0.05) is 16.6 Å². The molecule has 0 saturated heterocycles. The number of nitrogens with zero attached hydrogens (tertiary/aromatic N) is 3. The van der Waals surface area contributed by atoms with Crippen LogP contribution in [-0.4, -0.2) is 63.0 Å². The van der Waals surface area contributed by atoms with E-state index < -0.39 is 27.4 Å². The first-order chi connectivity index (χ1) is 13.6. The Balaban J connectivity index is 2.50. The number of carbonyl (C=O) groups excluding carboxylic acids is 2. The SMILES string of the molecule is COC(=O)[C@](C)(c1ccccn1)N(C)C(=O)c1cccc(S(=O)(=O)N(C)OC)c1. The number of amides is 1. The van der Waals surface area contributed by atoms with Gasteiger partial charge in [0.1, 0.15) is 0 Å². The zero-order chi connectivity index (χ0) is 21.8. The standard InChI is InChI=1S/C19H23N3O6S/c1-19(18(24)27-4,16-11-6-7-12-20-16)21(2)17(23)14-9-8-10-15(13-14)29(25,26)22(3)28-5/h6-13H,1-5H3/t19-/m0/s1. The van der Waals surface area contributed by atoms with Gasteiger partial charge in [-0.25, -0.2) is 13.2 Å². The molecule has 0 N–H and O–H groups in total. The summed E-state index contributed by atoms with van der Waals surface area (Å²) < 4.78 is 30.5. The summed E-state index contributed by atoms with van der Waals surface area (Å²) in [5, 5.41) is 0. The number of hydroxylamine groups is 1. The molecule has 0 fully saturated rings. The van der Waals surface area contributed by atoms with Gasteiger partial charge in [0.15, 0.2) is 5.54 Å². The maximum Gasteiger partial charge on any atom is 0.337 e. The van der Waals surface area contributed by atoms with Gasteiger partial charge in [0.25, 0.3) is 15.9 Å². The van der Waals surface area contributed by atoms with Crippen molar-refractivity contribution in [3.8, 4) is 0 Å². The Kier molecular flexibility index (Phi) is 6.73. The van der Waals surface area contributed by atoms with Gasteiger partial charge in [0.05, 0.1) is 24.8 Å². The lowest BCUT2D eigenvalue weighted by Gasteiger charge is -2.35. The van der Waals surface area contributed by atoms with Crippen molar-refractivity contribution in [3.05, 3.63) is 59.9 Å². The molecule has 0 spiro atoms. The fraction of sp³-hybridized carbons (Fsp3) is 0.316. The number of sulfonamides is 1. The van der Waals surface area contributed by atoms with Crippen LogP contribution in [0.2, 0.25) is 0 Å². The van der Waals surface area contributed by atoms with E-state index in [1.807, 2.05) is 0 Å². The van der Waals surface area contributed by atoms with Gasteiger partial charge in [-0.2, -0.15) is 0 Å². The summed E-state index contributed by atoms with van der Waals surface area (Å²) in [6.07, 6.45) is 1.50. The molecule has 0 saturated carbocycles. The fourth-order valence-electron chi connectivity index (χ4n) is 2.70. The van der Waals surface area contributed by atoms with Crippen molar-refractivity contribution < 1.29 is 27.6 Å². The molecular weight excluding hydrogens is 398 g/mol. The summed E-state index contributed by atoms with van der Waals surface area (Å²) in [6, 6.07) is 10.4. The highest BCUT2D eigenvalue weighted by molar-refractivity contribution is 7.89. The number of rotatable bonds is 7. The van der Waals surface area contributed by atoms with Crippen LogP contribution in [0.3, 0.4) is 0 Å². The number of methoxy groups -OCH3 is 1. The van der Waals surface area contributed by atoms with Crippen LogP contribution < -0.4 is 0 Å². The second kappa shape index (κ2) is 8.68. The lowest BCUT2D eigenvalue weighted by molar-refractivity contribution is -0.152. The van der Waals surface area contributed by atoms with E-state index >= 15 is 0 Å². The Morgan fingerprint density at radius 1 is 1.07 bits per heavy atom. The monoisotopic (exact) mass is 421 g/mol. The molecule has 29 heavy (non-hydrogen) atoms. The van der Waals surface area contributed by atoms with E-state index in [0.717, 1.165) is 0 Å². The predicted octanol–water partition coefficient (Wildman–Crippen LogP) is 1.42. The summed E-state index contributed by atoms with van der Waals surface area (Å²) in [7, 11) is 1.16. The molecule has 1 amide bonds. The average Bonchev–Trinajstić information content (AvgIpc) is 2.76. The molecular formula is C19H23N3O6S. The molecule has 0 bridgehead atoms.